The molecule has 1 aliphatic carbocycles. The maximum atomic E-state index is 15.6. The minimum absolute atomic E-state index is 0.0738. The van der Waals surface area contributed by atoms with Crippen molar-refractivity contribution in [3.05, 3.63) is 52.0 Å². The van der Waals surface area contributed by atoms with Gasteiger partial charge in [-0.15, -0.1) is 0 Å². The number of carbonyl (C=O) groups excluding carboxylic acids is 1. The summed E-state index contributed by atoms with van der Waals surface area (Å²) in [6.07, 6.45) is 3.96. The molecule has 3 aromatic rings. The summed E-state index contributed by atoms with van der Waals surface area (Å²) in [5, 5.41) is 7.77. The number of hydrogen-bond donors (Lipinski definition) is 2. The molecule has 3 heterocycles. The number of aromatic nitrogens is 3. The van der Waals surface area contributed by atoms with Crippen molar-refractivity contribution >= 4 is 29.0 Å². The first-order chi connectivity index (χ1) is 16.1. The first-order valence-electron chi connectivity index (χ1n) is 11.1. The highest BCUT2D eigenvalue weighted by Gasteiger charge is 2.54. The number of rotatable bonds is 3. The molecule has 2 aliphatic rings. The lowest BCUT2D eigenvalue weighted by Gasteiger charge is -2.27. The van der Waals surface area contributed by atoms with E-state index in [1.54, 1.807) is 33.3 Å². The number of carbonyl (C=O) groups is 1. The Morgan fingerprint density at radius 3 is 2.74 bits per heavy atom. The fourth-order valence-electron chi connectivity index (χ4n) is 5.40. The number of nitrogens with zero attached hydrogens (tertiary/aromatic N) is 4. The molecule has 34 heavy (non-hydrogen) atoms. The monoisotopic (exact) mass is 484 g/mol. The van der Waals surface area contributed by atoms with E-state index in [1.165, 1.54) is 11.0 Å². The first-order valence-corrected chi connectivity index (χ1v) is 11.5. The van der Waals surface area contributed by atoms with Gasteiger partial charge in [0.05, 0.1) is 10.6 Å². The fraction of sp³-hybridized carbons (Fsp3) is 0.417. The Labute approximate surface area is 201 Å². The van der Waals surface area contributed by atoms with Gasteiger partial charge in [0.15, 0.2) is 5.82 Å². The number of fused-ring (bicyclic) bond motifs is 2. The lowest BCUT2D eigenvalue weighted by atomic mass is 9.76. The second-order valence-corrected chi connectivity index (χ2v) is 10.2. The Hall–Kier alpha value is -3.20. The summed E-state index contributed by atoms with van der Waals surface area (Å²) in [7, 11) is 3.10. The van der Waals surface area contributed by atoms with Crippen molar-refractivity contribution in [2.24, 2.45) is 0 Å². The van der Waals surface area contributed by atoms with E-state index < -0.39 is 11.7 Å². The number of nitrogen functional groups attached to an aromatic ring is 1. The number of hydrogen-bond acceptors (Lipinski definition) is 7. The van der Waals surface area contributed by atoms with Crippen molar-refractivity contribution in [3.63, 3.8) is 0 Å². The van der Waals surface area contributed by atoms with Gasteiger partial charge in [-0.25, -0.2) is 9.37 Å². The highest BCUT2D eigenvalue weighted by atomic mass is 35.5. The van der Waals surface area contributed by atoms with E-state index in [-0.39, 0.29) is 27.6 Å². The van der Waals surface area contributed by atoms with Crippen LogP contribution in [0.4, 0.5) is 15.9 Å². The van der Waals surface area contributed by atoms with Gasteiger partial charge in [-0.3, -0.25) is 4.79 Å². The van der Waals surface area contributed by atoms with Crippen molar-refractivity contribution in [3.8, 4) is 11.1 Å². The minimum atomic E-state index is -0.708. The zero-order valence-corrected chi connectivity index (χ0v) is 20.3. The summed E-state index contributed by atoms with van der Waals surface area (Å²) in [6, 6.07) is 3.07. The van der Waals surface area contributed by atoms with Gasteiger partial charge in [-0.1, -0.05) is 23.7 Å². The highest BCUT2D eigenvalue weighted by molar-refractivity contribution is 6.34. The second-order valence-electron chi connectivity index (χ2n) is 9.82. The van der Waals surface area contributed by atoms with Gasteiger partial charge in [0, 0.05) is 60.0 Å². The number of aryl methyl sites for hydroxylation is 1. The zero-order valence-electron chi connectivity index (χ0n) is 19.5. The standard InChI is InChI=1S/C24H26ClFN6O2/c1-12-30-22(34-31-12)23(2)7-8-24(10-23)11-29-20-17(24)18(25)14(9-28-20)13-5-6-15(27)16(19(13)26)21(33)32(3)4/h5-6,9H,7-8,10-11,27H2,1-4H3,(H,28,29). The van der Waals surface area contributed by atoms with E-state index in [4.69, 9.17) is 21.9 Å². The third-order valence-electron chi connectivity index (χ3n) is 7.15. The van der Waals surface area contributed by atoms with Gasteiger partial charge in [0.1, 0.15) is 11.6 Å². The normalized spacial score (nSPS) is 23.2. The van der Waals surface area contributed by atoms with Gasteiger partial charge in [0.25, 0.3) is 5.91 Å². The minimum Gasteiger partial charge on any atom is -0.398 e. The molecular weight excluding hydrogens is 459 g/mol. The predicted octanol–water partition coefficient (Wildman–Crippen LogP) is 4.32. The van der Waals surface area contributed by atoms with E-state index in [0.717, 1.165) is 24.8 Å². The molecule has 2 unspecified atom stereocenters. The average Bonchev–Trinajstić information content (AvgIpc) is 3.48. The molecule has 1 aromatic carbocycles. The molecule has 1 aliphatic heterocycles. The van der Waals surface area contributed by atoms with Crippen LogP contribution in [0.25, 0.3) is 11.1 Å². The smallest absolute Gasteiger partial charge is 0.258 e. The quantitative estimate of drug-likeness (QED) is 0.532. The largest absolute Gasteiger partial charge is 0.398 e. The van der Waals surface area contributed by atoms with Gasteiger partial charge >= 0.3 is 0 Å². The topological polar surface area (TPSA) is 110 Å². The van der Waals surface area contributed by atoms with Crippen molar-refractivity contribution < 1.29 is 13.7 Å². The Morgan fingerprint density at radius 2 is 2.06 bits per heavy atom. The molecule has 178 valence electrons. The highest BCUT2D eigenvalue weighted by Crippen LogP contribution is 2.57. The summed E-state index contributed by atoms with van der Waals surface area (Å²) in [6.45, 7) is 4.59. The van der Waals surface area contributed by atoms with Crippen LogP contribution >= 0.6 is 11.6 Å². The number of halogens is 2. The van der Waals surface area contributed by atoms with Gasteiger partial charge in [0.2, 0.25) is 5.89 Å². The SMILES string of the molecule is Cc1noc(C2(C)CCC3(CNc4ncc(-c5ccc(N)c(C(=O)N(C)C)c5F)c(Cl)c43)C2)n1. The van der Waals surface area contributed by atoms with Crippen LogP contribution < -0.4 is 11.1 Å². The number of anilines is 2. The summed E-state index contributed by atoms with van der Waals surface area (Å²) in [5.74, 6) is 0.694. The molecule has 1 amide bonds. The predicted molar refractivity (Wildman–Crippen MR) is 127 cm³/mol. The molecule has 8 nitrogen and oxygen atoms in total. The number of nitrogens with two attached hydrogens (primary N) is 1. The van der Waals surface area contributed by atoms with Crippen molar-refractivity contribution in [1.29, 1.82) is 0 Å². The van der Waals surface area contributed by atoms with Crippen LogP contribution in [0.15, 0.2) is 22.9 Å². The van der Waals surface area contributed by atoms with E-state index in [0.29, 0.717) is 34.7 Å². The van der Waals surface area contributed by atoms with Crippen LogP contribution in [0.2, 0.25) is 5.02 Å². The molecule has 10 heteroatoms. The molecule has 0 bridgehead atoms. The molecule has 1 saturated carbocycles. The van der Waals surface area contributed by atoms with E-state index >= 15 is 4.39 Å². The molecule has 1 spiro atoms. The molecular formula is C24H26ClFN6O2. The maximum absolute atomic E-state index is 15.6. The van der Waals surface area contributed by atoms with Crippen molar-refractivity contribution in [2.45, 2.75) is 43.9 Å². The summed E-state index contributed by atoms with van der Waals surface area (Å²) >= 11 is 6.98. The van der Waals surface area contributed by atoms with Crippen LogP contribution in [0, 0.1) is 12.7 Å². The second kappa shape index (κ2) is 7.66. The summed E-state index contributed by atoms with van der Waals surface area (Å²) in [4.78, 5) is 22.9. The number of benzene rings is 1. The van der Waals surface area contributed by atoms with E-state index in [2.05, 4.69) is 27.4 Å². The first kappa shape index (κ1) is 22.6. The van der Waals surface area contributed by atoms with Gasteiger partial charge in [-0.2, -0.15) is 4.98 Å². The number of pyridine rings is 1. The summed E-state index contributed by atoms with van der Waals surface area (Å²) in [5.41, 5.74) is 6.72. The lowest BCUT2D eigenvalue weighted by Crippen LogP contribution is -2.29. The van der Waals surface area contributed by atoms with Crippen LogP contribution in [0.1, 0.15) is 53.8 Å². The molecule has 3 N–H and O–H groups in total. The molecule has 0 saturated heterocycles. The Balaban J connectivity index is 1.60. The number of amides is 1. The molecule has 5 rings (SSSR count). The van der Waals surface area contributed by atoms with E-state index in [1.807, 2.05) is 0 Å². The third kappa shape index (κ3) is 3.25. The average molecular weight is 485 g/mol. The van der Waals surface area contributed by atoms with Crippen molar-refractivity contribution in [2.75, 3.05) is 31.7 Å². The van der Waals surface area contributed by atoms with Crippen LogP contribution in [0.5, 0.6) is 0 Å². The maximum Gasteiger partial charge on any atom is 0.258 e. The Morgan fingerprint density at radius 1 is 1.29 bits per heavy atom. The molecule has 2 aromatic heterocycles. The van der Waals surface area contributed by atoms with Crippen LogP contribution in [-0.4, -0.2) is 46.6 Å². The lowest BCUT2D eigenvalue weighted by molar-refractivity contribution is 0.0824. The van der Waals surface area contributed by atoms with Crippen LogP contribution in [-0.2, 0) is 10.8 Å². The Bertz CT molecular complexity index is 1330. The van der Waals surface area contributed by atoms with Crippen molar-refractivity contribution in [1.82, 2.24) is 20.0 Å². The summed E-state index contributed by atoms with van der Waals surface area (Å²) < 4.78 is 21.1. The van der Waals surface area contributed by atoms with Gasteiger partial charge in [-0.05, 0) is 38.3 Å². The van der Waals surface area contributed by atoms with E-state index in [9.17, 15) is 4.79 Å². The fourth-order valence-corrected chi connectivity index (χ4v) is 5.84. The van der Waals surface area contributed by atoms with Gasteiger partial charge < -0.3 is 20.5 Å². The zero-order chi connectivity index (χ0) is 24.4. The van der Waals surface area contributed by atoms with Crippen LogP contribution in [0.3, 0.4) is 0 Å². The molecule has 2 atom stereocenters. The number of nitrogens with one attached hydrogen (secondary N) is 1. The third-order valence-corrected chi connectivity index (χ3v) is 7.54. The molecule has 0 radical (unpaired) electrons. The molecule has 1 fully saturated rings. The Kier molecular flexibility index (Phi) is 5.09.